The van der Waals surface area contributed by atoms with Crippen molar-refractivity contribution >= 4 is 33.6 Å². The Balaban J connectivity index is 3.27. The van der Waals surface area contributed by atoms with Crippen LogP contribution in [0.3, 0.4) is 0 Å². The molecule has 0 aliphatic rings. The molecule has 0 aromatic heterocycles. The van der Waals surface area contributed by atoms with Gasteiger partial charge in [0, 0.05) is 5.02 Å². The summed E-state index contributed by atoms with van der Waals surface area (Å²) in [5.41, 5.74) is -0.263. The van der Waals surface area contributed by atoms with Gasteiger partial charge in [-0.2, -0.15) is 4.72 Å². The second-order valence-electron chi connectivity index (χ2n) is 5.27. The molecule has 1 atom stereocenters. The molecule has 0 radical (unpaired) electrons. The van der Waals surface area contributed by atoms with E-state index in [0.29, 0.717) is 0 Å². The van der Waals surface area contributed by atoms with Gasteiger partial charge in [0.1, 0.15) is 6.04 Å². The summed E-state index contributed by atoms with van der Waals surface area (Å²) < 4.78 is 31.6. The maximum absolute atomic E-state index is 12.5. The van der Waals surface area contributed by atoms with Crippen molar-refractivity contribution in [3.05, 3.63) is 28.8 Å². The standard InChI is InChI=1S/C14H18ClNO6S/c1-8(2)6-11(13(17)18)16-23(20,21)12-5-4-9(15)7-10(12)14(19)22-3/h4-5,7-8,11,16H,6H2,1-3H3,(H,17,18)/t11-/m0/s1. The number of carbonyl (C=O) groups is 2. The van der Waals surface area contributed by atoms with E-state index in [1.54, 1.807) is 13.8 Å². The zero-order valence-electron chi connectivity index (χ0n) is 12.9. The van der Waals surface area contributed by atoms with Gasteiger partial charge >= 0.3 is 11.9 Å². The predicted molar refractivity (Wildman–Crippen MR) is 84.0 cm³/mol. The number of rotatable bonds is 7. The zero-order valence-corrected chi connectivity index (χ0v) is 14.4. The summed E-state index contributed by atoms with van der Waals surface area (Å²) in [6, 6.07) is 2.27. The average molecular weight is 364 g/mol. The number of esters is 1. The molecule has 9 heteroatoms. The van der Waals surface area contributed by atoms with Crippen LogP contribution in [0.5, 0.6) is 0 Å². The lowest BCUT2D eigenvalue weighted by Crippen LogP contribution is -2.42. The van der Waals surface area contributed by atoms with Gasteiger partial charge in [-0.25, -0.2) is 13.2 Å². The summed E-state index contributed by atoms with van der Waals surface area (Å²) in [5, 5.41) is 9.32. The number of halogens is 1. The van der Waals surface area contributed by atoms with E-state index in [4.69, 9.17) is 16.7 Å². The van der Waals surface area contributed by atoms with Crippen molar-refractivity contribution in [2.24, 2.45) is 5.92 Å². The van der Waals surface area contributed by atoms with Crippen molar-refractivity contribution in [3.63, 3.8) is 0 Å². The van der Waals surface area contributed by atoms with Gasteiger partial charge in [0.05, 0.1) is 17.6 Å². The Hall–Kier alpha value is -1.64. The van der Waals surface area contributed by atoms with E-state index >= 15 is 0 Å². The summed E-state index contributed by atoms with van der Waals surface area (Å²) in [4.78, 5) is 22.6. The number of benzene rings is 1. The van der Waals surface area contributed by atoms with Gasteiger partial charge in [0.2, 0.25) is 10.0 Å². The van der Waals surface area contributed by atoms with Crippen molar-refractivity contribution in [1.82, 2.24) is 4.72 Å². The lowest BCUT2D eigenvalue weighted by molar-refractivity contribution is -0.139. The minimum Gasteiger partial charge on any atom is -0.480 e. The second-order valence-corrected chi connectivity index (χ2v) is 7.39. The molecule has 0 bridgehead atoms. The molecule has 23 heavy (non-hydrogen) atoms. The monoisotopic (exact) mass is 363 g/mol. The number of carboxylic acid groups (broad SMARTS) is 1. The largest absolute Gasteiger partial charge is 0.480 e. The predicted octanol–water partition coefficient (Wildman–Crippen LogP) is 1.90. The van der Waals surface area contributed by atoms with Crippen LogP contribution < -0.4 is 4.72 Å². The van der Waals surface area contributed by atoms with Crippen LogP contribution in [0.25, 0.3) is 0 Å². The minimum atomic E-state index is -4.24. The summed E-state index contributed by atoms with van der Waals surface area (Å²) in [6.45, 7) is 3.54. The topological polar surface area (TPSA) is 110 Å². The molecule has 0 amide bonds. The van der Waals surface area contributed by atoms with Crippen LogP contribution in [0.1, 0.15) is 30.6 Å². The molecule has 0 unspecified atom stereocenters. The van der Waals surface area contributed by atoms with Crippen molar-refractivity contribution in [3.8, 4) is 0 Å². The fraction of sp³-hybridized carbons (Fsp3) is 0.429. The molecule has 0 aliphatic heterocycles. The molecule has 7 nitrogen and oxygen atoms in total. The number of carbonyl (C=O) groups excluding carboxylic acids is 1. The van der Waals surface area contributed by atoms with Crippen LogP contribution in [0.4, 0.5) is 0 Å². The second kappa shape index (κ2) is 7.76. The van der Waals surface area contributed by atoms with E-state index in [0.717, 1.165) is 19.2 Å². The first-order valence-corrected chi connectivity index (χ1v) is 8.57. The molecular formula is C14H18ClNO6S. The molecule has 1 rings (SSSR count). The van der Waals surface area contributed by atoms with Crippen molar-refractivity contribution in [1.29, 1.82) is 0 Å². The molecule has 0 spiro atoms. The van der Waals surface area contributed by atoms with Gasteiger partial charge in [-0.15, -0.1) is 0 Å². The number of ether oxygens (including phenoxy) is 1. The van der Waals surface area contributed by atoms with Gasteiger partial charge in [-0.3, -0.25) is 4.79 Å². The van der Waals surface area contributed by atoms with E-state index in [-0.39, 0.29) is 27.8 Å². The first-order valence-electron chi connectivity index (χ1n) is 6.71. The molecule has 0 aliphatic carbocycles. The van der Waals surface area contributed by atoms with Gasteiger partial charge in [0.25, 0.3) is 0 Å². The van der Waals surface area contributed by atoms with Crippen LogP contribution in [-0.2, 0) is 19.6 Å². The Labute approximate surface area is 139 Å². The van der Waals surface area contributed by atoms with E-state index in [2.05, 4.69) is 9.46 Å². The number of aliphatic carboxylic acids is 1. The molecule has 2 N–H and O–H groups in total. The van der Waals surface area contributed by atoms with Crippen molar-refractivity contribution < 1.29 is 27.9 Å². The van der Waals surface area contributed by atoms with Crippen molar-refractivity contribution in [2.45, 2.75) is 31.2 Å². The third kappa shape index (κ3) is 5.19. The number of sulfonamides is 1. The first kappa shape index (κ1) is 19.4. The molecule has 0 saturated carbocycles. The lowest BCUT2D eigenvalue weighted by atomic mass is 10.1. The smallest absolute Gasteiger partial charge is 0.339 e. The number of carboxylic acids is 1. The maximum Gasteiger partial charge on any atom is 0.339 e. The molecule has 0 fully saturated rings. The Kier molecular flexibility index (Phi) is 6.55. The molecule has 1 aromatic carbocycles. The lowest BCUT2D eigenvalue weighted by Gasteiger charge is -2.17. The highest BCUT2D eigenvalue weighted by atomic mass is 35.5. The van der Waals surface area contributed by atoms with Crippen LogP contribution in [0.15, 0.2) is 23.1 Å². The highest BCUT2D eigenvalue weighted by Crippen LogP contribution is 2.22. The maximum atomic E-state index is 12.5. The minimum absolute atomic E-state index is 0.0379. The number of nitrogens with one attached hydrogen (secondary N) is 1. The van der Waals surface area contributed by atoms with Crippen LogP contribution in [0.2, 0.25) is 5.02 Å². The normalized spacial score (nSPS) is 12.9. The fourth-order valence-corrected chi connectivity index (χ4v) is 3.48. The number of methoxy groups -OCH3 is 1. The highest BCUT2D eigenvalue weighted by molar-refractivity contribution is 7.89. The van der Waals surface area contributed by atoms with E-state index in [1.807, 2.05) is 0 Å². The van der Waals surface area contributed by atoms with Crippen LogP contribution in [0, 0.1) is 5.92 Å². The fourth-order valence-electron chi connectivity index (χ4n) is 1.93. The quantitative estimate of drug-likeness (QED) is 0.716. The van der Waals surface area contributed by atoms with Gasteiger partial charge < -0.3 is 9.84 Å². The summed E-state index contributed by atoms with van der Waals surface area (Å²) >= 11 is 5.78. The Bertz CT molecular complexity index is 701. The number of hydrogen-bond acceptors (Lipinski definition) is 5. The Morgan fingerprint density at radius 1 is 1.35 bits per heavy atom. The molecule has 128 valence electrons. The SMILES string of the molecule is COC(=O)c1cc(Cl)ccc1S(=O)(=O)N[C@@H](CC(C)C)C(=O)O. The van der Waals surface area contributed by atoms with E-state index < -0.39 is 28.0 Å². The summed E-state index contributed by atoms with van der Waals surface area (Å²) in [5.74, 6) is -2.22. The Morgan fingerprint density at radius 2 is 1.96 bits per heavy atom. The van der Waals surface area contributed by atoms with Gasteiger partial charge in [-0.05, 0) is 30.5 Å². The average Bonchev–Trinajstić information content (AvgIpc) is 2.44. The van der Waals surface area contributed by atoms with Crippen LogP contribution in [-0.4, -0.2) is 38.6 Å². The third-order valence-electron chi connectivity index (χ3n) is 2.94. The highest BCUT2D eigenvalue weighted by Gasteiger charge is 2.29. The zero-order chi connectivity index (χ0) is 17.8. The number of hydrogen-bond donors (Lipinski definition) is 2. The van der Waals surface area contributed by atoms with Crippen molar-refractivity contribution in [2.75, 3.05) is 7.11 Å². The van der Waals surface area contributed by atoms with Gasteiger partial charge in [-0.1, -0.05) is 25.4 Å². The summed E-state index contributed by atoms with van der Waals surface area (Å²) in [7, 11) is -3.14. The third-order valence-corrected chi connectivity index (χ3v) is 4.70. The molecule has 0 saturated heterocycles. The van der Waals surface area contributed by atoms with Gasteiger partial charge in [0.15, 0.2) is 0 Å². The molecule has 0 heterocycles. The first-order chi connectivity index (χ1) is 10.6. The van der Waals surface area contributed by atoms with E-state index in [1.165, 1.54) is 6.07 Å². The van der Waals surface area contributed by atoms with E-state index in [9.17, 15) is 18.0 Å². The molecular weight excluding hydrogens is 346 g/mol. The summed E-state index contributed by atoms with van der Waals surface area (Å²) in [6.07, 6.45) is 0.107. The van der Waals surface area contributed by atoms with Crippen LogP contribution >= 0.6 is 11.6 Å². The Morgan fingerprint density at radius 3 is 2.43 bits per heavy atom. The molecule has 1 aromatic rings.